The topological polar surface area (TPSA) is 125 Å². The maximum Gasteiger partial charge on any atom is 0.303 e. The lowest BCUT2D eigenvalue weighted by Crippen LogP contribution is -2.50. The molecular formula is C26H26O11. The van der Waals surface area contributed by atoms with Gasteiger partial charge in [-0.25, -0.2) is 0 Å². The number of carbonyl (C=O) groups is 3. The van der Waals surface area contributed by atoms with Gasteiger partial charge in [0.05, 0.1) is 18.6 Å². The Bertz CT molecular complexity index is 1220. The summed E-state index contributed by atoms with van der Waals surface area (Å²) in [6, 6.07) is 10.4. The van der Waals surface area contributed by atoms with Crippen LogP contribution in [0.4, 0.5) is 0 Å². The molecule has 2 aromatic rings. The summed E-state index contributed by atoms with van der Waals surface area (Å²) >= 11 is 0. The zero-order valence-corrected chi connectivity index (χ0v) is 20.5. The van der Waals surface area contributed by atoms with E-state index in [1.54, 1.807) is 36.4 Å². The smallest absolute Gasteiger partial charge is 0.303 e. The maximum absolute atomic E-state index is 12.5. The van der Waals surface area contributed by atoms with Gasteiger partial charge >= 0.3 is 17.9 Å². The highest BCUT2D eigenvalue weighted by Crippen LogP contribution is 2.52. The molecule has 11 nitrogen and oxygen atoms in total. The molecule has 1 unspecified atom stereocenters. The van der Waals surface area contributed by atoms with Gasteiger partial charge in [0, 0.05) is 26.3 Å². The lowest BCUT2D eigenvalue weighted by atomic mass is 9.77. The molecule has 0 radical (unpaired) electrons. The molecule has 0 saturated carbocycles. The van der Waals surface area contributed by atoms with Gasteiger partial charge in [0.1, 0.15) is 6.61 Å². The van der Waals surface area contributed by atoms with Crippen LogP contribution in [0, 0.1) is 5.92 Å². The lowest BCUT2D eigenvalue weighted by Gasteiger charge is -2.40. The first kappa shape index (κ1) is 24.7. The average Bonchev–Trinajstić information content (AvgIpc) is 3.58. The maximum atomic E-state index is 12.5. The van der Waals surface area contributed by atoms with Gasteiger partial charge in [0.15, 0.2) is 34.7 Å². The van der Waals surface area contributed by atoms with E-state index in [1.165, 1.54) is 20.8 Å². The summed E-state index contributed by atoms with van der Waals surface area (Å²) < 4.78 is 45.3. The predicted molar refractivity (Wildman–Crippen MR) is 123 cm³/mol. The van der Waals surface area contributed by atoms with E-state index >= 15 is 0 Å². The van der Waals surface area contributed by atoms with E-state index in [4.69, 9.17) is 37.9 Å². The van der Waals surface area contributed by atoms with Gasteiger partial charge in [-0.3, -0.25) is 14.4 Å². The lowest BCUT2D eigenvalue weighted by molar-refractivity contribution is -0.195. The minimum absolute atomic E-state index is 0.0521. The van der Waals surface area contributed by atoms with Gasteiger partial charge in [0.2, 0.25) is 13.6 Å². The van der Waals surface area contributed by atoms with E-state index in [-0.39, 0.29) is 26.8 Å². The molecule has 196 valence electrons. The Balaban J connectivity index is 1.61. The zero-order valence-electron chi connectivity index (χ0n) is 20.5. The molecule has 3 aliphatic heterocycles. The molecule has 1 fully saturated rings. The van der Waals surface area contributed by atoms with Crippen LogP contribution >= 0.6 is 0 Å². The number of esters is 3. The third-order valence-corrected chi connectivity index (χ3v) is 6.43. The van der Waals surface area contributed by atoms with Crippen molar-refractivity contribution in [2.24, 2.45) is 5.92 Å². The number of benzene rings is 2. The number of hydrogen-bond donors (Lipinski definition) is 0. The highest BCUT2D eigenvalue weighted by Gasteiger charge is 2.60. The first-order valence-corrected chi connectivity index (χ1v) is 11.7. The molecule has 11 heteroatoms. The second-order valence-corrected chi connectivity index (χ2v) is 8.90. The summed E-state index contributed by atoms with van der Waals surface area (Å²) in [6.45, 7) is 3.61. The molecule has 0 spiro atoms. The summed E-state index contributed by atoms with van der Waals surface area (Å²) in [4.78, 5) is 36.7. The highest BCUT2D eigenvalue weighted by molar-refractivity contribution is 5.69. The van der Waals surface area contributed by atoms with Crippen LogP contribution in [-0.4, -0.2) is 50.3 Å². The second-order valence-electron chi connectivity index (χ2n) is 8.90. The van der Waals surface area contributed by atoms with Crippen LogP contribution in [0.5, 0.6) is 23.0 Å². The van der Waals surface area contributed by atoms with Crippen molar-refractivity contribution in [1.29, 1.82) is 0 Å². The molecule has 2 aromatic carbocycles. The third kappa shape index (κ3) is 4.74. The largest absolute Gasteiger partial charge is 0.465 e. The fourth-order valence-corrected chi connectivity index (χ4v) is 4.94. The molecule has 4 atom stereocenters. The summed E-state index contributed by atoms with van der Waals surface area (Å²) in [5.41, 5.74) is -0.382. The summed E-state index contributed by atoms with van der Waals surface area (Å²) in [6.07, 6.45) is -1.83. The van der Waals surface area contributed by atoms with Gasteiger partial charge in [-0.15, -0.1) is 0 Å². The van der Waals surface area contributed by atoms with Gasteiger partial charge < -0.3 is 37.9 Å². The molecule has 0 amide bonds. The Morgan fingerprint density at radius 3 is 2.16 bits per heavy atom. The summed E-state index contributed by atoms with van der Waals surface area (Å²) in [5.74, 6) is -0.421. The van der Waals surface area contributed by atoms with E-state index in [0.29, 0.717) is 34.1 Å². The van der Waals surface area contributed by atoms with Gasteiger partial charge in [0.25, 0.3) is 0 Å². The van der Waals surface area contributed by atoms with Crippen molar-refractivity contribution in [2.45, 2.75) is 38.6 Å². The van der Waals surface area contributed by atoms with Crippen molar-refractivity contribution in [1.82, 2.24) is 0 Å². The fourth-order valence-electron chi connectivity index (χ4n) is 4.94. The molecule has 37 heavy (non-hydrogen) atoms. The molecule has 1 saturated heterocycles. The van der Waals surface area contributed by atoms with E-state index in [9.17, 15) is 14.4 Å². The number of fused-ring (bicyclic) bond motifs is 2. The van der Waals surface area contributed by atoms with Crippen molar-refractivity contribution in [2.75, 3.05) is 26.8 Å². The Hall–Kier alpha value is -3.99. The van der Waals surface area contributed by atoms with Crippen LogP contribution in [0.1, 0.15) is 44.1 Å². The molecule has 3 heterocycles. The summed E-state index contributed by atoms with van der Waals surface area (Å²) in [5, 5.41) is 0. The molecule has 0 aliphatic carbocycles. The van der Waals surface area contributed by atoms with Crippen molar-refractivity contribution in [3.63, 3.8) is 0 Å². The number of carbonyl (C=O) groups excluding carboxylic acids is 3. The Labute approximate surface area is 212 Å². The number of rotatable bonds is 7. The molecule has 3 aliphatic rings. The van der Waals surface area contributed by atoms with E-state index in [2.05, 4.69) is 0 Å². The minimum Gasteiger partial charge on any atom is -0.465 e. The van der Waals surface area contributed by atoms with E-state index < -0.39 is 41.6 Å². The first-order valence-electron chi connectivity index (χ1n) is 11.7. The average molecular weight is 514 g/mol. The molecule has 0 bridgehead atoms. The third-order valence-electron chi connectivity index (χ3n) is 6.43. The second kappa shape index (κ2) is 9.81. The van der Waals surface area contributed by atoms with Crippen molar-refractivity contribution in [3.8, 4) is 23.0 Å². The van der Waals surface area contributed by atoms with Crippen LogP contribution < -0.4 is 18.9 Å². The van der Waals surface area contributed by atoms with Crippen LogP contribution in [0.25, 0.3) is 0 Å². The van der Waals surface area contributed by atoms with Gasteiger partial charge in [-0.1, -0.05) is 12.1 Å². The Kier molecular flexibility index (Phi) is 6.55. The predicted octanol–water partition coefficient (Wildman–Crippen LogP) is 3.00. The standard InChI is InChI=1S/C26H26O11/c1-14(27)30-10-19-24(17-4-6-20-22(8-17)34-12-32-20)31-11-26(19,37-16(3)29)25(36-15(2)28)18-5-7-21-23(9-18)35-13-33-21/h4-9,19,24-25H,10-13H2,1-3H3/t19-,24-,25?,26-/m1/s1. The quantitative estimate of drug-likeness (QED) is 0.400. The van der Waals surface area contributed by atoms with E-state index in [0.717, 1.165) is 0 Å². The SMILES string of the molecule is CC(=O)OC[C@@H]1[C@@H](c2ccc3c(c2)OCO3)OC[C@]1(OC(C)=O)C(OC(C)=O)c1ccc2c(c1)OCO2. The molecule has 0 aromatic heterocycles. The van der Waals surface area contributed by atoms with Crippen molar-refractivity contribution >= 4 is 17.9 Å². The van der Waals surface area contributed by atoms with Crippen molar-refractivity contribution < 1.29 is 52.3 Å². The molecule has 0 N–H and O–H groups in total. The number of ether oxygens (including phenoxy) is 8. The van der Waals surface area contributed by atoms with Crippen LogP contribution in [0.15, 0.2) is 36.4 Å². The minimum atomic E-state index is -1.55. The molecular weight excluding hydrogens is 488 g/mol. The number of hydrogen-bond acceptors (Lipinski definition) is 11. The molecule has 5 rings (SSSR count). The van der Waals surface area contributed by atoms with Crippen LogP contribution in [0.3, 0.4) is 0 Å². The van der Waals surface area contributed by atoms with Crippen LogP contribution in [-0.2, 0) is 33.3 Å². The van der Waals surface area contributed by atoms with Crippen molar-refractivity contribution in [3.05, 3.63) is 47.5 Å². The van der Waals surface area contributed by atoms with Crippen LogP contribution in [0.2, 0.25) is 0 Å². The van der Waals surface area contributed by atoms with Gasteiger partial charge in [-0.2, -0.15) is 0 Å². The Morgan fingerprint density at radius 1 is 0.865 bits per heavy atom. The fraction of sp³-hybridized carbons (Fsp3) is 0.423. The normalized spacial score (nSPS) is 23.9. The zero-order chi connectivity index (χ0) is 26.2. The summed E-state index contributed by atoms with van der Waals surface area (Å²) in [7, 11) is 0. The van der Waals surface area contributed by atoms with Gasteiger partial charge in [-0.05, 0) is 29.8 Å². The first-order chi connectivity index (χ1) is 17.8. The highest BCUT2D eigenvalue weighted by atomic mass is 16.7. The Morgan fingerprint density at radius 2 is 1.51 bits per heavy atom. The monoisotopic (exact) mass is 514 g/mol. The van der Waals surface area contributed by atoms with E-state index in [1.807, 2.05) is 0 Å².